The van der Waals surface area contributed by atoms with E-state index in [1.807, 2.05) is 0 Å². The van der Waals surface area contributed by atoms with Gasteiger partial charge in [0.1, 0.15) is 12.2 Å². The highest BCUT2D eigenvalue weighted by Gasteiger charge is 2.36. The highest BCUT2D eigenvalue weighted by Crippen LogP contribution is 2.32. The Labute approximate surface area is 146 Å². The number of carbonyl (C=O) groups excluding carboxylic acids is 1. The first-order valence-corrected chi connectivity index (χ1v) is 7.59. The maximum absolute atomic E-state index is 13.5. The molecule has 1 aromatic carbocycles. The molecule has 0 aliphatic rings. The van der Waals surface area contributed by atoms with Crippen molar-refractivity contribution >= 4 is 11.6 Å². The highest BCUT2D eigenvalue weighted by molar-refractivity contribution is 5.96. The predicted octanol–water partition coefficient (Wildman–Crippen LogP) is 3.22. The Kier molecular flexibility index (Phi) is 4.90. The molecule has 0 unspecified atom stereocenters. The fourth-order valence-electron chi connectivity index (χ4n) is 2.36. The van der Waals surface area contributed by atoms with Crippen LogP contribution in [-0.4, -0.2) is 40.9 Å². The maximum atomic E-state index is 13.5. The predicted molar refractivity (Wildman–Crippen MR) is 85.6 cm³/mol. The Morgan fingerprint density at radius 2 is 1.92 bits per heavy atom. The van der Waals surface area contributed by atoms with Crippen LogP contribution in [0.2, 0.25) is 0 Å². The second kappa shape index (κ2) is 7.12. The standard InChI is InChI=1S/C17H14F3N3O3/c1-25-7-8-26-16(24)12-10-21-23-14(17(18,19)20)9-13(22-15(12)23)11-5-3-2-4-6-11/h2-6,9-10H,7-8H2,1H3. The van der Waals surface area contributed by atoms with Crippen LogP contribution in [-0.2, 0) is 15.7 Å². The Morgan fingerprint density at radius 1 is 1.19 bits per heavy atom. The largest absolute Gasteiger partial charge is 0.460 e. The van der Waals surface area contributed by atoms with E-state index in [1.165, 1.54) is 7.11 Å². The van der Waals surface area contributed by atoms with Crippen molar-refractivity contribution in [1.29, 1.82) is 0 Å². The average Bonchev–Trinajstić information content (AvgIpc) is 3.05. The fourth-order valence-corrected chi connectivity index (χ4v) is 2.36. The maximum Gasteiger partial charge on any atom is 0.433 e. The Hall–Kier alpha value is -2.94. The third-order valence-electron chi connectivity index (χ3n) is 3.57. The Morgan fingerprint density at radius 3 is 2.58 bits per heavy atom. The average molecular weight is 365 g/mol. The van der Waals surface area contributed by atoms with Gasteiger partial charge in [-0.3, -0.25) is 0 Å². The van der Waals surface area contributed by atoms with E-state index < -0.39 is 17.8 Å². The SMILES string of the molecule is COCCOC(=O)c1cnn2c(C(F)(F)F)cc(-c3ccccc3)nc12. The molecule has 0 radical (unpaired) electrons. The van der Waals surface area contributed by atoms with Crippen molar-refractivity contribution in [3.63, 3.8) is 0 Å². The molecule has 0 bridgehead atoms. The van der Waals surface area contributed by atoms with Crippen molar-refractivity contribution in [3.8, 4) is 11.3 Å². The zero-order valence-electron chi connectivity index (χ0n) is 13.7. The zero-order chi connectivity index (χ0) is 18.7. The number of alkyl halides is 3. The lowest BCUT2D eigenvalue weighted by Gasteiger charge is -2.11. The van der Waals surface area contributed by atoms with E-state index >= 15 is 0 Å². The minimum Gasteiger partial charge on any atom is -0.460 e. The van der Waals surface area contributed by atoms with Gasteiger partial charge in [0.2, 0.25) is 0 Å². The summed E-state index contributed by atoms with van der Waals surface area (Å²) in [5.41, 5.74) is -0.833. The van der Waals surface area contributed by atoms with Crippen LogP contribution in [0.4, 0.5) is 13.2 Å². The van der Waals surface area contributed by atoms with Gasteiger partial charge in [-0.05, 0) is 6.07 Å². The molecule has 0 N–H and O–H groups in total. The lowest BCUT2D eigenvalue weighted by atomic mass is 10.1. The number of nitrogens with zero attached hydrogens (tertiary/aromatic N) is 3. The number of benzene rings is 1. The molecule has 0 saturated carbocycles. The molecule has 136 valence electrons. The van der Waals surface area contributed by atoms with Crippen molar-refractivity contribution in [2.24, 2.45) is 0 Å². The second-order valence-corrected chi connectivity index (χ2v) is 5.31. The summed E-state index contributed by atoms with van der Waals surface area (Å²) >= 11 is 0. The lowest BCUT2D eigenvalue weighted by Crippen LogP contribution is -2.15. The molecule has 0 amide bonds. The van der Waals surface area contributed by atoms with E-state index in [2.05, 4.69) is 10.1 Å². The first kappa shape index (κ1) is 17.9. The summed E-state index contributed by atoms with van der Waals surface area (Å²) in [6.07, 6.45) is -3.66. The number of rotatable bonds is 5. The number of hydrogen-bond donors (Lipinski definition) is 0. The lowest BCUT2D eigenvalue weighted by molar-refractivity contribution is -0.142. The molecule has 0 aliphatic carbocycles. The van der Waals surface area contributed by atoms with E-state index in [0.29, 0.717) is 10.1 Å². The molecule has 0 fully saturated rings. The molecule has 2 heterocycles. The van der Waals surface area contributed by atoms with Crippen molar-refractivity contribution in [2.75, 3.05) is 20.3 Å². The second-order valence-electron chi connectivity index (χ2n) is 5.31. The summed E-state index contributed by atoms with van der Waals surface area (Å²) in [5.74, 6) is -0.817. The first-order chi connectivity index (χ1) is 12.4. The molecule has 6 nitrogen and oxygen atoms in total. The molecular weight excluding hydrogens is 351 g/mol. The van der Waals surface area contributed by atoms with Crippen molar-refractivity contribution in [3.05, 3.63) is 53.9 Å². The molecule has 2 aromatic heterocycles. The molecule has 3 aromatic rings. The van der Waals surface area contributed by atoms with Crippen LogP contribution < -0.4 is 0 Å². The van der Waals surface area contributed by atoms with Crippen molar-refractivity contribution < 1.29 is 27.4 Å². The van der Waals surface area contributed by atoms with Gasteiger partial charge in [-0.2, -0.15) is 18.3 Å². The minimum atomic E-state index is -4.67. The van der Waals surface area contributed by atoms with Gasteiger partial charge in [0.15, 0.2) is 11.3 Å². The topological polar surface area (TPSA) is 65.7 Å². The number of carbonyl (C=O) groups is 1. The van der Waals surface area contributed by atoms with Crippen LogP contribution in [0.3, 0.4) is 0 Å². The first-order valence-electron chi connectivity index (χ1n) is 7.59. The van der Waals surface area contributed by atoms with Crippen LogP contribution in [0.15, 0.2) is 42.6 Å². The molecule has 26 heavy (non-hydrogen) atoms. The van der Waals surface area contributed by atoms with E-state index in [4.69, 9.17) is 9.47 Å². The third-order valence-corrected chi connectivity index (χ3v) is 3.57. The van der Waals surface area contributed by atoms with Crippen LogP contribution in [0.1, 0.15) is 16.1 Å². The molecule has 0 atom stereocenters. The summed E-state index contributed by atoms with van der Waals surface area (Å²) in [7, 11) is 1.44. The van der Waals surface area contributed by atoms with Crippen molar-refractivity contribution in [1.82, 2.24) is 14.6 Å². The quantitative estimate of drug-likeness (QED) is 0.513. The van der Waals surface area contributed by atoms with Gasteiger partial charge in [-0.15, -0.1) is 0 Å². The molecule has 0 aliphatic heterocycles. The van der Waals surface area contributed by atoms with Gasteiger partial charge in [0, 0.05) is 12.7 Å². The number of methoxy groups -OCH3 is 1. The van der Waals surface area contributed by atoms with Crippen LogP contribution in [0.5, 0.6) is 0 Å². The van der Waals surface area contributed by atoms with E-state index in [-0.39, 0.29) is 30.1 Å². The van der Waals surface area contributed by atoms with Crippen LogP contribution in [0.25, 0.3) is 16.9 Å². The normalized spacial score (nSPS) is 11.7. The number of fused-ring (bicyclic) bond motifs is 1. The van der Waals surface area contributed by atoms with Gasteiger partial charge < -0.3 is 9.47 Å². The van der Waals surface area contributed by atoms with Crippen LogP contribution in [0, 0.1) is 0 Å². The number of halogens is 3. The zero-order valence-corrected chi connectivity index (χ0v) is 13.7. The smallest absolute Gasteiger partial charge is 0.433 e. The summed E-state index contributed by atoms with van der Waals surface area (Å²) < 4.78 is 50.7. The highest BCUT2D eigenvalue weighted by atomic mass is 19.4. The summed E-state index contributed by atoms with van der Waals surface area (Å²) in [6, 6.07) is 9.27. The third kappa shape index (κ3) is 3.52. The monoisotopic (exact) mass is 365 g/mol. The summed E-state index contributed by atoms with van der Waals surface area (Å²) in [6.45, 7) is 0.138. The number of esters is 1. The van der Waals surface area contributed by atoms with Gasteiger partial charge >= 0.3 is 12.1 Å². The summed E-state index contributed by atoms with van der Waals surface area (Å²) in [4.78, 5) is 16.3. The Bertz CT molecular complexity index is 923. The van der Waals surface area contributed by atoms with Gasteiger partial charge in [0.05, 0.1) is 18.5 Å². The molecule has 9 heteroatoms. The molecule has 0 spiro atoms. The van der Waals surface area contributed by atoms with Crippen molar-refractivity contribution in [2.45, 2.75) is 6.18 Å². The minimum absolute atomic E-state index is 0.0306. The van der Waals surface area contributed by atoms with Gasteiger partial charge in [0.25, 0.3) is 0 Å². The van der Waals surface area contributed by atoms with E-state index in [9.17, 15) is 18.0 Å². The Balaban J connectivity index is 2.13. The van der Waals surface area contributed by atoms with Crippen LogP contribution >= 0.6 is 0 Å². The van der Waals surface area contributed by atoms with E-state index in [0.717, 1.165) is 12.3 Å². The van der Waals surface area contributed by atoms with E-state index in [1.54, 1.807) is 30.3 Å². The summed E-state index contributed by atoms with van der Waals surface area (Å²) in [5, 5.41) is 3.67. The number of aromatic nitrogens is 3. The number of hydrogen-bond acceptors (Lipinski definition) is 5. The van der Waals surface area contributed by atoms with Gasteiger partial charge in [-0.25, -0.2) is 14.3 Å². The number of ether oxygens (including phenoxy) is 2. The fraction of sp³-hybridized carbons (Fsp3) is 0.235. The molecule has 3 rings (SSSR count). The van der Waals surface area contributed by atoms with Gasteiger partial charge in [-0.1, -0.05) is 30.3 Å². The molecule has 0 saturated heterocycles. The molecular formula is C17H14F3N3O3.